The largest absolute Gasteiger partial charge is 0.478 e. The fraction of sp³-hybridized carbons (Fsp3) is 0.250. The van der Waals surface area contributed by atoms with Gasteiger partial charge in [-0.3, -0.25) is 0 Å². The lowest BCUT2D eigenvalue weighted by Gasteiger charge is -2.12. The van der Waals surface area contributed by atoms with Crippen molar-refractivity contribution in [3.63, 3.8) is 0 Å². The Labute approximate surface area is 116 Å². The summed E-state index contributed by atoms with van der Waals surface area (Å²) in [6.45, 7) is 1.72. The molecule has 3 nitrogen and oxygen atoms in total. The van der Waals surface area contributed by atoms with Crippen molar-refractivity contribution in [1.29, 1.82) is 0 Å². The second-order valence-corrected chi connectivity index (χ2v) is 4.73. The number of hydrogen-bond donors (Lipinski definition) is 2. The lowest BCUT2D eigenvalue weighted by Crippen LogP contribution is -2.08. The van der Waals surface area contributed by atoms with Gasteiger partial charge >= 0.3 is 12.1 Å². The fourth-order valence-electron chi connectivity index (χ4n) is 1.33. The molecule has 1 aromatic carbocycles. The lowest BCUT2D eigenvalue weighted by atomic mass is 10.2. The van der Waals surface area contributed by atoms with Gasteiger partial charge in [-0.05, 0) is 46.6 Å². The monoisotopic (exact) mass is 337 g/mol. The van der Waals surface area contributed by atoms with E-state index in [1.54, 1.807) is 6.92 Å². The zero-order valence-corrected chi connectivity index (χ0v) is 11.5. The smallest absolute Gasteiger partial charge is 0.416 e. The highest BCUT2D eigenvalue weighted by Gasteiger charge is 2.30. The summed E-state index contributed by atoms with van der Waals surface area (Å²) in [5.41, 5.74) is -0.0113. The average Bonchev–Trinajstić information content (AvgIpc) is 2.25. The Balaban J connectivity index is 2.87. The topological polar surface area (TPSA) is 49.3 Å². The van der Waals surface area contributed by atoms with Crippen molar-refractivity contribution in [1.82, 2.24) is 0 Å². The van der Waals surface area contributed by atoms with Gasteiger partial charge in [0, 0.05) is 22.8 Å². The Morgan fingerprint density at radius 3 is 2.63 bits per heavy atom. The van der Waals surface area contributed by atoms with Gasteiger partial charge in [-0.2, -0.15) is 13.2 Å². The summed E-state index contributed by atoms with van der Waals surface area (Å²) in [5.74, 6) is -1.09. The summed E-state index contributed by atoms with van der Waals surface area (Å²) in [6.07, 6.45) is -3.42. The van der Waals surface area contributed by atoms with Gasteiger partial charge in [-0.1, -0.05) is 0 Å². The second kappa shape index (κ2) is 6.10. The molecule has 0 amide bonds. The molecule has 0 atom stereocenters. The van der Waals surface area contributed by atoms with Crippen LogP contribution in [0.4, 0.5) is 18.9 Å². The summed E-state index contributed by atoms with van der Waals surface area (Å²) in [5, 5.41) is 11.3. The molecule has 1 aromatic rings. The molecule has 19 heavy (non-hydrogen) atoms. The third-order valence-corrected chi connectivity index (χ3v) is 2.91. The van der Waals surface area contributed by atoms with E-state index >= 15 is 0 Å². The van der Waals surface area contributed by atoms with E-state index in [-0.39, 0.29) is 12.2 Å². The van der Waals surface area contributed by atoms with Crippen LogP contribution in [0.1, 0.15) is 12.5 Å². The number of carboxylic acids is 1. The molecule has 0 saturated heterocycles. The Bertz CT molecular complexity index is 512. The van der Waals surface area contributed by atoms with Gasteiger partial charge in [0.25, 0.3) is 0 Å². The maximum Gasteiger partial charge on any atom is 0.416 e. The molecule has 0 fully saturated rings. The predicted molar refractivity (Wildman–Crippen MR) is 69.0 cm³/mol. The molecule has 104 valence electrons. The summed E-state index contributed by atoms with van der Waals surface area (Å²) >= 11 is 3.13. The maximum atomic E-state index is 12.5. The highest BCUT2D eigenvalue weighted by molar-refractivity contribution is 9.10. The van der Waals surface area contributed by atoms with Crippen LogP contribution in [0.5, 0.6) is 0 Å². The van der Waals surface area contributed by atoms with Crippen molar-refractivity contribution >= 4 is 27.6 Å². The first kappa shape index (κ1) is 15.6. The number of hydrogen-bond acceptors (Lipinski definition) is 2. The summed E-state index contributed by atoms with van der Waals surface area (Å²) in [7, 11) is 0. The molecule has 0 aliphatic rings. The van der Waals surface area contributed by atoms with Crippen molar-refractivity contribution in [3.8, 4) is 0 Å². The van der Waals surface area contributed by atoms with Crippen LogP contribution >= 0.6 is 15.9 Å². The van der Waals surface area contributed by atoms with E-state index in [0.717, 1.165) is 18.2 Å². The van der Waals surface area contributed by atoms with Crippen molar-refractivity contribution in [3.05, 3.63) is 39.9 Å². The van der Waals surface area contributed by atoms with Crippen LogP contribution in [0.15, 0.2) is 34.3 Å². The van der Waals surface area contributed by atoms with Crippen LogP contribution in [-0.2, 0) is 11.0 Å². The SMILES string of the molecule is C/C(=C/C(=O)O)CNc1cc(C(F)(F)F)ccc1Br. The summed E-state index contributed by atoms with van der Waals surface area (Å²) in [6, 6.07) is 3.23. The Morgan fingerprint density at radius 2 is 2.11 bits per heavy atom. The van der Waals surface area contributed by atoms with Crippen molar-refractivity contribution in [2.24, 2.45) is 0 Å². The Morgan fingerprint density at radius 1 is 1.47 bits per heavy atom. The summed E-state index contributed by atoms with van der Waals surface area (Å²) < 4.78 is 38.1. The molecular weight excluding hydrogens is 327 g/mol. The number of carboxylic acid groups (broad SMARTS) is 1. The van der Waals surface area contributed by atoms with Gasteiger partial charge in [0.15, 0.2) is 0 Å². The highest BCUT2D eigenvalue weighted by Crippen LogP contribution is 2.33. The zero-order chi connectivity index (χ0) is 14.6. The number of rotatable bonds is 4. The molecule has 0 saturated carbocycles. The average molecular weight is 338 g/mol. The minimum atomic E-state index is -4.41. The minimum Gasteiger partial charge on any atom is -0.478 e. The molecule has 0 radical (unpaired) electrons. The molecule has 0 aliphatic heterocycles. The lowest BCUT2D eigenvalue weighted by molar-refractivity contribution is -0.137. The molecule has 0 aromatic heterocycles. The van der Waals surface area contributed by atoms with E-state index in [4.69, 9.17) is 5.11 Å². The van der Waals surface area contributed by atoms with Gasteiger partial charge in [0.2, 0.25) is 0 Å². The van der Waals surface area contributed by atoms with E-state index in [1.165, 1.54) is 6.07 Å². The normalized spacial score (nSPS) is 12.4. The Hall–Kier alpha value is -1.50. The van der Waals surface area contributed by atoms with E-state index in [1.807, 2.05) is 0 Å². The van der Waals surface area contributed by atoms with Crippen LogP contribution in [0.25, 0.3) is 0 Å². The van der Waals surface area contributed by atoms with Gasteiger partial charge in [0.1, 0.15) is 0 Å². The molecular formula is C12H11BrF3NO2. The van der Waals surface area contributed by atoms with Gasteiger partial charge in [-0.25, -0.2) is 4.79 Å². The first-order valence-corrected chi connectivity index (χ1v) is 6.00. The number of benzene rings is 1. The molecule has 0 heterocycles. The number of alkyl halides is 3. The van der Waals surface area contributed by atoms with Crippen LogP contribution in [0.2, 0.25) is 0 Å². The van der Waals surface area contributed by atoms with Crippen LogP contribution in [0.3, 0.4) is 0 Å². The van der Waals surface area contributed by atoms with Crippen molar-refractivity contribution in [2.45, 2.75) is 13.1 Å². The maximum absolute atomic E-state index is 12.5. The fourth-order valence-corrected chi connectivity index (χ4v) is 1.72. The Kier molecular flexibility index (Phi) is 4.99. The van der Waals surface area contributed by atoms with Crippen molar-refractivity contribution < 1.29 is 23.1 Å². The van der Waals surface area contributed by atoms with E-state index in [9.17, 15) is 18.0 Å². The third kappa shape index (κ3) is 4.94. The van der Waals surface area contributed by atoms with Crippen LogP contribution < -0.4 is 5.32 Å². The molecule has 0 spiro atoms. The number of carbonyl (C=O) groups is 1. The summed E-state index contributed by atoms with van der Waals surface area (Å²) in [4.78, 5) is 10.4. The number of anilines is 1. The standard InChI is InChI=1S/C12H11BrF3NO2/c1-7(4-11(18)19)6-17-10-5-8(12(14,15)16)2-3-9(10)13/h2-5,17H,6H2,1H3,(H,18,19)/b7-4-. The molecule has 7 heteroatoms. The van der Waals surface area contributed by atoms with E-state index in [2.05, 4.69) is 21.2 Å². The number of halogens is 4. The number of aliphatic carboxylic acids is 1. The van der Waals surface area contributed by atoms with E-state index < -0.39 is 17.7 Å². The molecule has 0 unspecified atom stereocenters. The third-order valence-electron chi connectivity index (χ3n) is 2.22. The minimum absolute atomic E-state index is 0.145. The van der Waals surface area contributed by atoms with Gasteiger partial charge < -0.3 is 10.4 Å². The highest BCUT2D eigenvalue weighted by atomic mass is 79.9. The van der Waals surface area contributed by atoms with Crippen molar-refractivity contribution in [2.75, 3.05) is 11.9 Å². The molecule has 0 aliphatic carbocycles. The molecule has 2 N–H and O–H groups in total. The number of nitrogens with one attached hydrogen (secondary N) is 1. The quantitative estimate of drug-likeness (QED) is 0.819. The predicted octanol–water partition coefficient (Wildman–Crippen LogP) is 3.91. The van der Waals surface area contributed by atoms with Gasteiger partial charge in [0.05, 0.1) is 5.56 Å². The first-order chi connectivity index (χ1) is 8.70. The van der Waals surface area contributed by atoms with E-state index in [0.29, 0.717) is 10.0 Å². The first-order valence-electron chi connectivity index (χ1n) is 5.21. The second-order valence-electron chi connectivity index (χ2n) is 3.87. The van der Waals surface area contributed by atoms with Crippen LogP contribution in [-0.4, -0.2) is 17.6 Å². The zero-order valence-electron chi connectivity index (χ0n) is 9.88. The molecule has 1 rings (SSSR count). The molecule has 0 bridgehead atoms. The van der Waals surface area contributed by atoms with Crippen LogP contribution in [0, 0.1) is 0 Å². The van der Waals surface area contributed by atoms with Gasteiger partial charge in [-0.15, -0.1) is 0 Å².